The maximum Gasteiger partial charge on any atom is 0.404 e. The monoisotopic (exact) mass is 527 g/mol. The van der Waals surface area contributed by atoms with Gasteiger partial charge in [-0.15, -0.1) is 0 Å². The smallest absolute Gasteiger partial charge is 0.404 e. The fourth-order valence-electron chi connectivity index (χ4n) is 3.39. The van der Waals surface area contributed by atoms with Crippen LogP contribution in [0.15, 0.2) is 18.2 Å². The molecule has 1 fully saturated rings. The van der Waals surface area contributed by atoms with Gasteiger partial charge in [-0.2, -0.15) is 0 Å². The van der Waals surface area contributed by atoms with E-state index in [9.17, 15) is 33.9 Å². The summed E-state index contributed by atoms with van der Waals surface area (Å²) in [5, 5.41) is 9.66. The molecule has 0 aliphatic carbocycles. The fraction of sp³-hybridized carbons (Fsp3) is 0.455. The molecule has 0 aromatic heterocycles. The number of hydrogen-bond acceptors (Lipinski definition) is 13. The van der Waals surface area contributed by atoms with Crippen molar-refractivity contribution in [3.63, 3.8) is 0 Å². The van der Waals surface area contributed by atoms with E-state index in [1.165, 1.54) is 12.1 Å². The van der Waals surface area contributed by atoms with Gasteiger partial charge < -0.3 is 44.0 Å². The van der Waals surface area contributed by atoms with Crippen LogP contribution in [0.4, 0.5) is 4.79 Å². The number of esters is 4. The number of carboxylic acids is 1. The molecule has 5 atom stereocenters. The summed E-state index contributed by atoms with van der Waals surface area (Å²) >= 11 is 0. The largest absolute Gasteiger partial charge is 0.478 e. The molecular weight excluding hydrogens is 502 g/mol. The van der Waals surface area contributed by atoms with Gasteiger partial charge in [0.05, 0.1) is 7.11 Å². The first kappa shape index (κ1) is 28.8. The lowest BCUT2D eigenvalue weighted by Gasteiger charge is -2.43. The van der Waals surface area contributed by atoms with Crippen LogP contribution in [0.5, 0.6) is 5.75 Å². The summed E-state index contributed by atoms with van der Waals surface area (Å²) in [5.41, 5.74) is 4.73. The lowest BCUT2D eigenvalue weighted by atomic mass is 9.97. The average Bonchev–Trinajstić information content (AvgIpc) is 2.80. The Labute approximate surface area is 209 Å². The minimum atomic E-state index is -1.75. The van der Waals surface area contributed by atoms with Gasteiger partial charge in [-0.25, -0.2) is 14.4 Å². The minimum absolute atomic E-state index is 0.241. The number of methoxy groups -OCH3 is 1. The predicted octanol–water partition coefficient (Wildman–Crippen LogP) is 0.0519. The minimum Gasteiger partial charge on any atom is -0.478 e. The second-order valence-corrected chi connectivity index (χ2v) is 7.53. The van der Waals surface area contributed by atoms with Gasteiger partial charge in [0.2, 0.25) is 12.4 Å². The average molecular weight is 527 g/mol. The zero-order valence-electron chi connectivity index (χ0n) is 20.2. The number of aromatic carboxylic acids is 1. The van der Waals surface area contributed by atoms with Crippen molar-refractivity contribution < 1.29 is 67.0 Å². The molecule has 0 saturated carbocycles. The highest BCUT2D eigenvalue weighted by Crippen LogP contribution is 2.32. The van der Waals surface area contributed by atoms with Crippen molar-refractivity contribution in [2.45, 2.75) is 58.1 Å². The van der Waals surface area contributed by atoms with E-state index in [0.717, 1.165) is 33.9 Å². The number of carboxylic acid groups (broad SMARTS) is 1. The maximum atomic E-state index is 12.5. The van der Waals surface area contributed by atoms with Crippen LogP contribution in [-0.2, 0) is 54.2 Å². The second kappa shape index (κ2) is 12.5. The Kier molecular flexibility index (Phi) is 9.76. The first-order valence-corrected chi connectivity index (χ1v) is 10.5. The summed E-state index contributed by atoms with van der Waals surface area (Å²) in [7, 11) is 1.01. The van der Waals surface area contributed by atoms with Crippen LogP contribution in [0.25, 0.3) is 0 Å². The molecule has 1 amide bonds. The Morgan fingerprint density at radius 2 is 1.49 bits per heavy atom. The molecule has 202 valence electrons. The molecule has 1 aliphatic heterocycles. The van der Waals surface area contributed by atoms with Crippen LogP contribution in [-0.4, -0.2) is 78.9 Å². The van der Waals surface area contributed by atoms with E-state index in [0.29, 0.717) is 0 Å². The maximum absolute atomic E-state index is 12.5. The van der Waals surface area contributed by atoms with Crippen LogP contribution in [0.2, 0.25) is 0 Å². The van der Waals surface area contributed by atoms with Gasteiger partial charge in [-0.3, -0.25) is 14.4 Å². The van der Waals surface area contributed by atoms with Crippen molar-refractivity contribution in [1.82, 2.24) is 0 Å². The van der Waals surface area contributed by atoms with Gasteiger partial charge in [-0.1, -0.05) is 6.07 Å². The van der Waals surface area contributed by atoms with Crippen LogP contribution in [0.1, 0.15) is 36.7 Å². The molecule has 2 rings (SSSR count). The van der Waals surface area contributed by atoms with E-state index in [4.69, 9.17) is 29.4 Å². The molecule has 3 N–H and O–H groups in total. The number of rotatable bonds is 9. The zero-order valence-corrected chi connectivity index (χ0v) is 20.2. The molecule has 0 unspecified atom stereocenters. The molecule has 0 spiro atoms. The van der Waals surface area contributed by atoms with E-state index in [2.05, 4.69) is 9.47 Å². The summed E-state index contributed by atoms with van der Waals surface area (Å²) in [5.74, 6) is -5.52. The Morgan fingerprint density at radius 1 is 0.919 bits per heavy atom. The highest BCUT2D eigenvalue weighted by molar-refractivity contribution is 5.91. The van der Waals surface area contributed by atoms with Gasteiger partial charge in [0.15, 0.2) is 18.3 Å². The number of amides is 1. The quantitative estimate of drug-likeness (QED) is 0.321. The summed E-state index contributed by atoms with van der Waals surface area (Å²) < 4.78 is 36.2. The normalized spacial score (nSPS) is 22.6. The van der Waals surface area contributed by atoms with Gasteiger partial charge >= 0.3 is 35.9 Å². The van der Waals surface area contributed by atoms with Crippen molar-refractivity contribution in [2.24, 2.45) is 5.73 Å². The van der Waals surface area contributed by atoms with Gasteiger partial charge in [0.25, 0.3) is 0 Å². The predicted molar refractivity (Wildman–Crippen MR) is 116 cm³/mol. The van der Waals surface area contributed by atoms with Crippen molar-refractivity contribution in [3.8, 4) is 5.75 Å². The van der Waals surface area contributed by atoms with Crippen LogP contribution < -0.4 is 10.5 Å². The lowest BCUT2D eigenvalue weighted by molar-refractivity contribution is -0.282. The van der Waals surface area contributed by atoms with E-state index < -0.39 is 72.2 Å². The number of ether oxygens (including phenoxy) is 7. The molecule has 15 heteroatoms. The summed E-state index contributed by atoms with van der Waals surface area (Å²) in [6.45, 7) is 2.72. The van der Waals surface area contributed by atoms with E-state index in [-0.39, 0.29) is 17.9 Å². The van der Waals surface area contributed by atoms with Crippen molar-refractivity contribution in [2.75, 3.05) is 7.11 Å². The molecule has 37 heavy (non-hydrogen) atoms. The number of primary amides is 1. The number of benzene rings is 1. The van der Waals surface area contributed by atoms with Crippen molar-refractivity contribution in [3.05, 3.63) is 29.3 Å². The molecule has 1 aromatic carbocycles. The molecule has 1 heterocycles. The molecule has 0 radical (unpaired) electrons. The zero-order chi connectivity index (χ0) is 27.9. The number of carbonyl (C=O) groups is 6. The molecule has 1 aliphatic rings. The molecule has 0 bridgehead atoms. The highest BCUT2D eigenvalue weighted by atomic mass is 16.7. The Balaban J connectivity index is 2.55. The SMILES string of the molecule is COC(=O)[C@H]1O[C@@H](Oc2ccc(COC(N)=O)cc2C(=O)O)[C@H](OC(C)=O)[C@@H](OC(C)=O)[C@@H]1OC(C)=O. The van der Waals surface area contributed by atoms with Crippen molar-refractivity contribution >= 4 is 35.9 Å². The molecule has 1 saturated heterocycles. The highest BCUT2D eigenvalue weighted by Gasteiger charge is 2.56. The third kappa shape index (κ3) is 7.79. The van der Waals surface area contributed by atoms with E-state index in [1.54, 1.807) is 0 Å². The fourth-order valence-corrected chi connectivity index (χ4v) is 3.39. The van der Waals surface area contributed by atoms with Crippen LogP contribution in [0.3, 0.4) is 0 Å². The Hall–Kier alpha value is -4.40. The molecule has 15 nitrogen and oxygen atoms in total. The number of nitrogens with two attached hydrogens (primary N) is 1. The van der Waals surface area contributed by atoms with Gasteiger partial charge in [0, 0.05) is 20.8 Å². The first-order valence-electron chi connectivity index (χ1n) is 10.5. The molecular formula is C22H25NO14. The third-order valence-electron chi connectivity index (χ3n) is 4.73. The standard InChI is InChI=1S/C22H25NO14/c1-9(24)33-15-16(34-10(2)25)18(35-11(3)26)21(37-17(15)20(29)31-4)36-14-6-5-12(8-32-22(23)30)7-13(14)19(27)28/h5-7,15-18,21H,8H2,1-4H3,(H2,23,30)(H,27,28)/t15-,16-,17-,18+,21+/m0/s1. The molecule has 1 aromatic rings. The van der Waals surface area contributed by atoms with Gasteiger partial charge in [-0.05, 0) is 17.7 Å². The van der Waals surface area contributed by atoms with Crippen LogP contribution in [0, 0.1) is 0 Å². The number of hydrogen-bond donors (Lipinski definition) is 2. The van der Waals surface area contributed by atoms with E-state index in [1.807, 2.05) is 0 Å². The Bertz CT molecular complexity index is 1070. The van der Waals surface area contributed by atoms with Gasteiger partial charge in [0.1, 0.15) is 17.9 Å². The summed E-state index contributed by atoms with van der Waals surface area (Å²) in [6, 6.07) is 3.65. The summed E-state index contributed by atoms with van der Waals surface area (Å²) in [4.78, 5) is 70.7. The Morgan fingerprint density at radius 3 is 2.00 bits per heavy atom. The summed E-state index contributed by atoms with van der Waals surface area (Å²) in [6.07, 6.45) is -9.44. The van der Waals surface area contributed by atoms with Crippen molar-refractivity contribution in [1.29, 1.82) is 0 Å². The number of carbonyl (C=O) groups excluding carboxylic acids is 5. The topological polar surface area (TPSA) is 213 Å². The third-order valence-corrected chi connectivity index (χ3v) is 4.73. The van der Waals surface area contributed by atoms with E-state index >= 15 is 0 Å². The first-order chi connectivity index (χ1) is 17.3. The van der Waals surface area contributed by atoms with Crippen LogP contribution >= 0.6 is 0 Å². The lowest BCUT2D eigenvalue weighted by Crippen LogP contribution is -2.64. The second-order valence-electron chi connectivity index (χ2n) is 7.53.